The van der Waals surface area contributed by atoms with Gasteiger partial charge in [0.15, 0.2) is 5.96 Å². The standard InChI is InChI=1S/C18H32N4OS.HI/c1-4-19-18(20-10-12-23-5-2)21-14-15-8-6-11-22(3)17(15)16-9-7-13-24-16;/h7,9,13,15,17H,4-6,8,10-12,14H2,1-3H3,(H2,19,20,21);1H. The molecule has 0 radical (unpaired) electrons. The summed E-state index contributed by atoms with van der Waals surface area (Å²) in [4.78, 5) is 8.80. The molecule has 25 heavy (non-hydrogen) atoms. The third kappa shape index (κ3) is 7.40. The van der Waals surface area contributed by atoms with E-state index in [2.05, 4.69) is 47.0 Å². The van der Waals surface area contributed by atoms with Gasteiger partial charge in [0.1, 0.15) is 0 Å². The van der Waals surface area contributed by atoms with Crippen molar-refractivity contribution in [2.75, 3.05) is 46.4 Å². The molecule has 2 unspecified atom stereocenters. The molecule has 5 nitrogen and oxygen atoms in total. The van der Waals surface area contributed by atoms with Crippen LogP contribution in [0.25, 0.3) is 0 Å². The average molecular weight is 480 g/mol. The van der Waals surface area contributed by atoms with Crippen LogP contribution in [0.1, 0.15) is 37.6 Å². The number of thiophene rings is 1. The van der Waals surface area contributed by atoms with Gasteiger partial charge >= 0.3 is 0 Å². The largest absolute Gasteiger partial charge is 0.380 e. The second kappa shape index (κ2) is 12.9. The second-order valence-electron chi connectivity index (χ2n) is 6.19. The van der Waals surface area contributed by atoms with Crippen molar-refractivity contribution in [2.24, 2.45) is 10.9 Å². The molecular formula is C18H33IN4OS. The fourth-order valence-electron chi connectivity index (χ4n) is 3.30. The Hall–Kier alpha value is -0.380. The second-order valence-corrected chi connectivity index (χ2v) is 7.17. The fraction of sp³-hybridized carbons (Fsp3) is 0.722. The molecule has 1 aromatic heterocycles. The Morgan fingerprint density at radius 3 is 2.92 bits per heavy atom. The summed E-state index contributed by atoms with van der Waals surface area (Å²) < 4.78 is 5.39. The summed E-state index contributed by atoms with van der Waals surface area (Å²) in [7, 11) is 2.24. The molecule has 2 N–H and O–H groups in total. The molecule has 1 fully saturated rings. The van der Waals surface area contributed by atoms with E-state index in [1.54, 1.807) is 0 Å². The lowest BCUT2D eigenvalue weighted by Crippen LogP contribution is -2.41. The summed E-state index contributed by atoms with van der Waals surface area (Å²) in [5, 5.41) is 8.87. The summed E-state index contributed by atoms with van der Waals surface area (Å²) >= 11 is 1.86. The first-order valence-corrected chi connectivity index (χ1v) is 9.97. The maximum Gasteiger partial charge on any atom is 0.191 e. The number of nitrogens with zero attached hydrogens (tertiary/aromatic N) is 2. The van der Waals surface area contributed by atoms with Gasteiger partial charge in [0, 0.05) is 37.2 Å². The van der Waals surface area contributed by atoms with Crippen molar-refractivity contribution in [3.05, 3.63) is 22.4 Å². The van der Waals surface area contributed by atoms with Crippen LogP contribution < -0.4 is 10.6 Å². The Morgan fingerprint density at radius 1 is 1.40 bits per heavy atom. The molecule has 1 saturated heterocycles. The van der Waals surface area contributed by atoms with E-state index in [9.17, 15) is 0 Å². The topological polar surface area (TPSA) is 48.9 Å². The van der Waals surface area contributed by atoms with Gasteiger partial charge in [-0.15, -0.1) is 35.3 Å². The first kappa shape index (κ1) is 22.7. The molecule has 0 aliphatic carbocycles. The third-order valence-electron chi connectivity index (χ3n) is 4.41. The molecule has 0 bridgehead atoms. The lowest BCUT2D eigenvalue weighted by molar-refractivity contribution is 0.128. The summed E-state index contributed by atoms with van der Waals surface area (Å²) in [5.74, 6) is 1.47. The van der Waals surface area contributed by atoms with Gasteiger partial charge in [0.05, 0.1) is 6.61 Å². The smallest absolute Gasteiger partial charge is 0.191 e. The van der Waals surface area contributed by atoms with Crippen LogP contribution in [0.15, 0.2) is 22.5 Å². The van der Waals surface area contributed by atoms with Crippen LogP contribution >= 0.6 is 35.3 Å². The molecule has 0 amide bonds. The molecule has 0 aromatic carbocycles. The molecule has 2 heterocycles. The first-order valence-electron chi connectivity index (χ1n) is 9.09. The Kier molecular flexibility index (Phi) is 11.7. The highest BCUT2D eigenvalue weighted by Gasteiger charge is 2.31. The Morgan fingerprint density at radius 2 is 2.24 bits per heavy atom. The van der Waals surface area contributed by atoms with Crippen molar-refractivity contribution in [3.8, 4) is 0 Å². The van der Waals surface area contributed by atoms with E-state index in [1.807, 2.05) is 18.3 Å². The van der Waals surface area contributed by atoms with Crippen LogP contribution in [-0.2, 0) is 4.74 Å². The number of nitrogens with one attached hydrogen (secondary N) is 2. The van der Waals surface area contributed by atoms with Crippen LogP contribution in [-0.4, -0.2) is 57.3 Å². The number of rotatable bonds is 8. The van der Waals surface area contributed by atoms with Crippen molar-refractivity contribution in [1.82, 2.24) is 15.5 Å². The molecule has 0 spiro atoms. The highest BCUT2D eigenvalue weighted by molar-refractivity contribution is 14.0. The van der Waals surface area contributed by atoms with Crippen LogP contribution in [0.5, 0.6) is 0 Å². The number of guanidine groups is 1. The summed E-state index contributed by atoms with van der Waals surface area (Å²) in [6, 6.07) is 4.91. The van der Waals surface area contributed by atoms with Crippen LogP contribution in [0.2, 0.25) is 0 Å². The number of halogens is 1. The SMILES string of the molecule is CCNC(=NCC1CCCN(C)C1c1cccs1)NCCOCC.I. The van der Waals surface area contributed by atoms with Gasteiger partial charge < -0.3 is 15.4 Å². The lowest BCUT2D eigenvalue weighted by atomic mass is 9.88. The molecule has 1 aromatic rings. The van der Waals surface area contributed by atoms with Crippen molar-refractivity contribution in [3.63, 3.8) is 0 Å². The zero-order valence-corrected chi connectivity index (χ0v) is 18.8. The molecular weight excluding hydrogens is 447 g/mol. The average Bonchev–Trinajstić information content (AvgIpc) is 3.10. The molecule has 2 rings (SSSR count). The number of hydrogen-bond donors (Lipinski definition) is 2. The van der Waals surface area contributed by atoms with Gasteiger partial charge in [-0.1, -0.05) is 6.07 Å². The fourth-order valence-corrected chi connectivity index (χ4v) is 4.28. The van der Waals surface area contributed by atoms with Gasteiger partial charge in [-0.05, 0) is 57.6 Å². The van der Waals surface area contributed by atoms with Gasteiger partial charge in [-0.2, -0.15) is 0 Å². The predicted octanol–water partition coefficient (Wildman–Crippen LogP) is 3.34. The van der Waals surface area contributed by atoms with Crippen LogP contribution in [0, 0.1) is 5.92 Å². The minimum absolute atomic E-state index is 0. The number of piperidine rings is 1. The van der Waals surface area contributed by atoms with Crippen LogP contribution in [0.4, 0.5) is 0 Å². The van der Waals surface area contributed by atoms with Crippen molar-refractivity contribution < 1.29 is 4.74 Å². The molecule has 1 aliphatic heterocycles. The summed E-state index contributed by atoms with van der Waals surface area (Å²) in [6.45, 7) is 9.29. The van der Waals surface area contributed by atoms with E-state index in [0.717, 1.165) is 32.2 Å². The monoisotopic (exact) mass is 480 g/mol. The first-order chi connectivity index (χ1) is 11.8. The molecule has 144 valence electrons. The minimum atomic E-state index is 0. The Balaban J connectivity index is 0.00000312. The summed E-state index contributed by atoms with van der Waals surface area (Å²) in [5.41, 5.74) is 0. The quantitative estimate of drug-likeness (QED) is 0.260. The number of ether oxygens (including phenoxy) is 1. The maximum atomic E-state index is 5.39. The predicted molar refractivity (Wildman–Crippen MR) is 118 cm³/mol. The van der Waals surface area contributed by atoms with Gasteiger partial charge in [0.25, 0.3) is 0 Å². The highest BCUT2D eigenvalue weighted by atomic mass is 127. The van der Waals surface area contributed by atoms with E-state index in [4.69, 9.17) is 9.73 Å². The molecule has 1 aliphatic rings. The minimum Gasteiger partial charge on any atom is -0.380 e. The lowest BCUT2D eigenvalue weighted by Gasteiger charge is -2.38. The van der Waals surface area contributed by atoms with Crippen molar-refractivity contribution in [2.45, 2.75) is 32.7 Å². The number of aliphatic imine (C=N–C) groups is 1. The number of likely N-dealkylation sites (tertiary alicyclic amines) is 1. The molecule has 7 heteroatoms. The summed E-state index contributed by atoms with van der Waals surface area (Å²) in [6.07, 6.45) is 2.50. The van der Waals surface area contributed by atoms with Gasteiger partial charge in [-0.3, -0.25) is 9.89 Å². The van der Waals surface area contributed by atoms with Crippen molar-refractivity contribution in [1.29, 1.82) is 0 Å². The van der Waals surface area contributed by atoms with E-state index in [0.29, 0.717) is 18.6 Å². The molecule has 0 saturated carbocycles. The van der Waals surface area contributed by atoms with E-state index >= 15 is 0 Å². The highest BCUT2D eigenvalue weighted by Crippen LogP contribution is 2.37. The molecule has 2 atom stereocenters. The van der Waals surface area contributed by atoms with E-state index < -0.39 is 0 Å². The number of hydrogen-bond acceptors (Lipinski definition) is 4. The van der Waals surface area contributed by atoms with Gasteiger partial charge in [-0.25, -0.2) is 0 Å². The van der Waals surface area contributed by atoms with Crippen molar-refractivity contribution >= 4 is 41.3 Å². The Labute approximate surface area is 173 Å². The normalized spacial score (nSPS) is 21.6. The zero-order chi connectivity index (χ0) is 17.2. The third-order valence-corrected chi connectivity index (χ3v) is 5.36. The van der Waals surface area contributed by atoms with E-state index in [1.165, 1.54) is 24.3 Å². The van der Waals surface area contributed by atoms with Gasteiger partial charge in [0.2, 0.25) is 0 Å². The van der Waals surface area contributed by atoms with Crippen LogP contribution in [0.3, 0.4) is 0 Å². The Bertz CT molecular complexity index is 483. The zero-order valence-electron chi connectivity index (χ0n) is 15.7. The maximum absolute atomic E-state index is 5.39. The van der Waals surface area contributed by atoms with E-state index in [-0.39, 0.29) is 24.0 Å².